The van der Waals surface area contributed by atoms with Crippen LogP contribution in [-0.2, 0) is 6.54 Å². The molecule has 1 amide bonds. The van der Waals surface area contributed by atoms with E-state index in [1.54, 1.807) is 4.90 Å². The van der Waals surface area contributed by atoms with Gasteiger partial charge in [-0.15, -0.1) is 0 Å². The molecule has 0 spiro atoms. The van der Waals surface area contributed by atoms with Gasteiger partial charge in [-0.3, -0.25) is 4.79 Å². The second-order valence-corrected chi connectivity index (χ2v) is 6.59. The lowest BCUT2D eigenvalue weighted by Gasteiger charge is -2.18. The fourth-order valence-electron chi connectivity index (χ4n) is 3.27. The third kappa shape index (κ3) is 3.58. The van der Waals surface area contributed by atoms with E-state index in [9.17, 15) is 4.79 Å². The van der Waals surface area contributed by atoms with Gasteiger partial charge in [0.25, 0.3) is 5.91 Å². The van der Waals surface area contributed by atoms with Crippen molar-refractivity contribution in [2.75, 3.05) is 7.05 Å². The van der Waals surface area contributed by atoms with Gasteiger partial charge in [0, 0.05) is 19.0 Å². The van der Waals surface area contributed by atoms with Crippen molar-refractivity contribution in [3.63, 3.8) is 0 Å². The molecule has 27 heavy (non-hydrogen) atoms. The van der Waals surface area contributed by atoms with Crippen LogP contribution >= 0.6 is 0 Å². The molecular formula is C24H20N2O. The zero-order chi connectivity index (χ0) is 18.6. The van der Waals surface area contributed by atoms with Gasteiger partial charge in [0.1, 0.15) is 5.69 Å². The van der Waals surface area contributed by atoms with Crippen LogP contribution in [-0.4, -0.2) is 22.8 Å². The molecule has 0 atom stereocenters. The number of fused-ring (bicyclic) bond motifs is 1. The highest BCUT2D eigenvalue weighted by Gasteiger charge is 2.17. The Balaban J connectivity index is 1.74. The summed E-state index contributed by atoms with van der Waals surface area (Å²) in [5.41, 5.74) is 4.49. The summed E-state index contributed by atoms with van der Waals surface area (Å²) >= 11 is 0. The van der Waals surface area contributed by atoms with Crippen LogP contribution in [0.15, 0.2) is 91.0 Å². The van der Waals surface area contributed by atoms with E-state index >= 15 is 0 Å². The van der Waals surface area contributed by atoms with Gasteiger partial charge in [0.2, 0.25) is 0 Å². The molecule has 4 aromatic rings. The van der Waals surface area contributed by atoms with Crippen LogP contribution in [0.5, 0.6) is 0 Å². The Morgan fingerprint density at radius 2 is 1.48 bits per heavy atom. The maximum atomic E-state index is 13.0. The molecule has 132 valence electrons. The van der Waals surface area contributed by atoms with Crippen molar-refractivity contribution in [1.29, 1.82) is 0 Å². The minimum absolute atomic E-state index is 0.0817. The normalized spacial score (nSPS) is 10.7. The number of hydrogen-bond acceptors (Lipinski definition) is 2. The molecule has 0 saturated heterocycles. The summed E-state index contributed by atoms with van der Waals surface area (Å²) in [5.74, 6) is -0.0817. The quantitative estimate of drug-likeness (QED) is 0.507. The number of benzene rings is 3. The van der Waals surface area contributed by atoms with Gasteiger partial charge < -0.3 is 4.90 Å². The molecule has 0 aliphatic carbocycles. The van der Waals surface area contributed by atoms with Crippen molar-refractivity contribution in [2.24, 2.45) is 0 Å². The summed E-state index contributed by atoms with van der Waals surface area (Å²) in [5, 5.41) is 1.05. The predicted octanol–water partition coefficient (Wildman–Crippen LogP) is 5.17. The Morgan fingerprint density at radius 1 is 0.852 bits per heavy atom. The third-order valence-corrected chi connectivity index (χ3v) is 4.63. The van der Waals surface area contributed by atoms with Gasteiger partial charge in [-0.1, -0.05) is 78.9 Å². The molecule has 0 aliphatic heterocycles. The van der Waals surface area contributed by atoms with E-state index in [2.05, 4.69) is 17.1 Å². The van der Waals surface area contributed by atoms with E-state index in [0.717, 1.165) is 27.6 Å². The lowest BCUT2D eigenvalue weighted by atomic mass is 10.00. The van der Waals surface area contributed by atoms with Crippen LogP contribution in [0, 0.1) is 0 Å². The summed E-state index contributed by atoms with van der Waals surface area (Å²) in [6.07, 6.45) is 0. The second-order valence-electron chi connectivity index (χ2n) is 6.59. The molecular weight excluding hydrogens is 332 g/mol. The average molecular weight is 352 g/mol. The van der Waals surface area contributed by atoms with E-state index in [4.69, 9.17) is 0 Å². The molecule has 0 N–H and O–H groups in total. The van der Waals surface area contributed by atoms with Gasteiger partial charge in [0.15, 0.2) is 0 Å². The molecule has 3 heteroatoms. The third-order valence-electron chi connectivity index (χ3n) is 4.63. The highest BCUT2D eigenvalue weighted by atomic mass is 16.2. The fraction of sp³-hybridized carbons (Fsp3) is 0.0833. The first-order valence-electron chi connectivity index (χ1n) is 8.97. The molecule has 4 rings (SSSR count). The van der Waals surface area contributed by atoms with E-state index in [1.165, 1.54) is 0 Å². The number of hydrogen-bond donors (Lipinski definition) is 0. The maximum absolute atomic E-state index is 13.0. The SMILES string of the molecule is CN(Cc1ccccc1)C(=O)c1cc(-c2ccccc2)c2ccccc2n1. The van der Waals surface area contributed by atoms with Crippen LogP contribution in [0.2, 0.25) is 0 Å². The number of rotatable bonds is 4. The minimum atomic E-state index is -0.0817. The summed E-state index contributed by atoms with van der Waals surface area (Å²) in [4.78, 5) is 19.4. The van der Waals surface area contributed by atoms with Gasteiger partial charge in [-0.2, -0.15) is 0 Å². The molecule has 3 nitrogen and oxygen atoms in total. The summed E-state index contributed by atoms with van der Waals surface area (Å²) in [6, 6.07) is 30.0. The average Bonchev–Trinajstić information content (AvgIpc) is 2.73. The number of nitrogens with zero attached hydrogens (tertiary/aromatic N) is 2. The number of para-hydroxylation sites is 1. The van der Waals surface area contributed by atoms with E-state index in [0.29, 0.717) is 12.2 Å². The zero-order valence-corrected chi connectivity index (χ0v) is 15.2. The zero-order valence-electron chi connectivity index (χ0n) is 15.2. The maximum Gasteiger partial charge on any atom is 0.272 e. The molecule has 0 aliphatic rings. The van der Waals surface area contributed by atoms with Gasteiger partial charge >= 0.3 is 0 Å². The number of carbonyl (C=O) groups excluding carboxylic acids is 1. The fourth-order valence-corrected chi connectivity index (χ4v) is 3.27. The van der Waals surface area contributed by atoms with Crippen molar-refractivity contribution in [3.05, 3.63) is 102 Å². The number of aromatic nitrogens is 1. The van der Waals surface area contributed by atoms with E-state index in [-0.39, 0.29) is 5.91 Å². The predicted molar refractivity (Wildman–Crippen MR) is 109 cm³/mol. The lowest BCUT2D eigenvalue weighted by Crippen LogP contribution is -2.27. The van der Waals surface area contributed by atoms with Crippen molar-refractivity contribution >= 4 is 16.8 Å². The van der Waals surface area contributed by atoms with E-state index in [1.807, 2.05) is 85.9 Å². The molecule has 1 aromatic heterocycles. The first-order valence-corrected chi connectivity index (χ1v) is 8.97. The summed E-state index contributed by atoms with van der Waals surface area (Å²) in [7, 11) is 1.81. The molecule has 1 heterocycles. The Kier molecular flexibility index (Phi) is 4.67. The molecule has 0 fully saturated rings. The lowest BCUT2D eigenvalue weighted by molar-refractivity contribution is 0.0780. The Bertz CT molecular complexity index is 1080. The Labute approximate surface area is 158 Å². The summed E-state index contributed by atoms with van der Waals surface area (Å²) in [6.45, 7) is 0.550. The first kappa shape index (κ1) is 17.0. The first-order chi connectivity index (χ1) is 13.2. The standard InChI is InChI=1S/C24H20N2O/c1-26(17-18-10-4-2-5-11-18)24(27)23-16-21(19-12-6-3-7-13-19)20-14-8-9-15-22(20)25-23/h2-16H,17H2,1H3. The van der Waals surface area contributed by atoms with Crippen LogP contribution in [0.25, 0.3) is 22.0 Å². The minimum Gasteiger partial charge on any atom is -0.336 e. The second kappa shape index (κ2) is 7.42. The van der Waals surface area contributed by atoms with Crippen LogP contribution in [0.4, 0.5) is 0 Å². The van der Waals surface area contributed by atoms with Gasteiger partial charge in [-0.25, -0.2) is 4.98 Å². The number of carbonyl (C=O) groups is 1. The molecule has 3 aromatic carbocycles. The number of amides is 1. The van der Waals surface area contributed by atoms with Crippen molar-refractivity contribution < 1.29 is 4.79 Å². The molecule has 0 saturated carbocycles. The molecule has 0 bridgehead atoms. The smallest absolute Gasteiger partial charge is 0.272 e. The van der Waals surface area contributed by atoms with Crippen molar-refractivity contribution in [1.82, 2.24) is 9.88 Å². The Morgan fingerprint density at radius 3 is 2.22 bits per heavy atom. The highest BCUT2D eigenvalue weighted by molar-refractivity contribution is 6.01. The van der Waals surface area contributed by atoms with Crippen LogP contribution < -0.4 is 0 Å². The topological polar surface area (TPSA) is 33.2 Å². The largest absolute Gasteiger partial charge is 0.336 e. The van der Waals surface area contributed by atoms with Gasteiger partial charge in [-0.05, 0) is 28.8 Å². The van der Waals surface area contributed by atoms with Gasteiger partial charge in [0.05, 0.1) is 5.52 Å². The van der Waals surface area contributed by atoms with E-state index < -0.39 is 0 Å². The van der Waals surface area contributed by atoms with Crippen LogP contribution in [0.3, 0.4) is 0 Å². The summed E-state index contributed by atoms with van der Waals surface area (Å²) < 4.78 is 0. The highest BCUT2D eigenvalue weighted by Crippen LogP contribution is 2.28. The Hall–Kier alpha value is -3.46. The van der Waals surface area contributed by atoms with Crippen molar-refractivity contribution in [3.8, 4) is 11.1 Å². The monoisotopic (exact) mass is 352 g/mol. The molecule has 0 radical (unpaired) electrons. The van der Waals surface area contributed by atoms with Crippen molar-refractivity contribution in [2.45, 2.75) is 6.54 Å². The van der Waals surface area contributed by atoms with Crippen LogP contribution in [0.1, 0.15) is 16.1 Å². The number of pyridine rings is 1. The molecule has 0 unspecified atom stereocenters.